The van der Waals surface area contributed by atoms with Crippen LogP contribution >= 0.6 is 23.7 Å². The van der Waals surface area contributed by atoms with E-state index in [2.05, 4.69) is 0 Å². The Bertz CT molecular complexity index is 322. The molecule has 1 aromatic rings. The molecular formula is C8H12ClNO2S. The van der Waals surface area contributed by atoms with Gasteiger partial charge in [0.05, 0.1) is 5.56 Å². The zero-order chi connectivity index (χ0) is 9.30. The summed E-state index contributed by atoms with van der Waals surface area (Å²) in [6, 6.07) is 0. The Labute approximate surface area is 87.0 Å². The molecule has 0 amide bonds. The van der Waals surface area contributed by atoms with Crippen molar-refractivity contribution in [3.63, 3.8) is 0 Å². The second-order valence-electron chi connectivity index (χ2n) is 2.58. The number of aryl methyl sites for hydroxylation is 2. The van der Waals surface area contributed by atoms with Crippen LogP contribution < -0.4 is 5.73 Å². The van der Waals surface area contributed by atoms with Crippen molar-refractivity contribution < 1.29 is 9.90 Å². The molecule has 0 aliphatic rings. The molecule has 0 aliphatic heterocycles. The molecule has 0 aliphatic carbocycles. The Kier molecular flexibility index (Phi) is 4.39. The van der Waals surface area contributed by atoms with Crippen LogP contribution in [0.5, 0.6) is 0 Å². The highest BCUT2D eigenvalue weighted by atomic mass is 35.5. The molecule has 0 aromatic carbocycles. The molecule has 0 spiro atoms. The fourth-order valence-electron chi connectivity index (χ4n) is 1.26. The molecule has 74 valence electrons. The maximum absolute atomic E-state index is 10.8. The summed E-state index contributed by atoms with van der Waals surface area (Å²) in [6.07, 6.45) is 0. The summed E-state index contributed by atoms with van der Waals surface area (Å²) in [4.78, 5) is 12.6. The largest absolute Gasteiger partial charge is 0.478 e. The molecule has 0 radical (unpaired) electrons. The predicted octanol–water partition coefficient (Wildman–Crippen LogP) is 1.94. The summed E-state index contributed by atoms with van der Waals surface area (Å²) in [5.74, 6) is -0.877. The smallest absolute Gasteiger partial charge is 0.337 e. The van der Waals surface area contributed by atoms with Gasteiger partial charge in [-0.15, -0.1) is 23.7 Å². The topological polar surface area (TPSA) is 63.3 Å². The van der Waals surface area contributed by atoms with Crippen LogP contribution in [0.25, 0.3) is 0 Å². The van der Waals surface area contributed by atoms with Crippen LogP contribution in [0.1, 0.15) is 25.7 Å². The number of carboxylic acid groups (broad SMARTS) is 1. The first-order valence-corrected chi connectivity index (χ1v) is 4.41. The molecule has 0 unspecified atom stereocenters. The fraction of sp³-hybridized carbons (Fsp3) is 0.375. The lowest BCUT2D eigenvalue weighted by molar-refractivity contribution is 0.0695. The van der Waals surface area contributed by atoms with Gasteiger partial charge in [-0.2, -0.15) is 0 Å². The van der Waals surface area contributed by atoms with Crippen LogP contribution in [-0.2, 0) is 6.54 Å². The third-order valence-corrected chi connectivity index (χ3v) is 2.87. The lowest BCUT2D eigenvalue weighted by Crippen LogP contribution is -2.06. The van der Waals surface area contributed by atoms with Crippen LogP contribution in [0.3, 0.4) is 0 Å². The highest BCUT2D eigenvalue weighted by Gasteiger charge is 2.17. The number of aromatic carboxylic acids is 1. The van der Waals surface area contributed by atoms with E-state index in [4.69, 9.17) is 10.8 Å². The quantitative estimate of drug-likeness (QED) is 0.803. The average molecular weight is 222 g/mol. The molecule has 0 fully saturated rings. The molecule has 0 atom stereocenters. The average Bonchev–Trinajstić information content (AvgIpc) is 2.24. The summed E-state index contributed by atoms with van der Waals surface area (Å²) >= 11 is 1.49. The van der Waals surface area contributed by atoms with E-state index in [1.54, 1.807) is 6.92 Å². The zero-order valence-electron chi connectivity index (χ0n) is 7.46. The van der Waals surface area contributed by atoms with E-state index >= 15 is 0 Å². The number of halogens is 1. The molecule has 0 bridgehead atoms. The second-order valence-corrected chi connectivity index (χ2v) is 4.01. The van der Waals surface area contributed by atoms with E-state index in [0.29, 0.717) is 12.1 Å². The molecule has 3 N–H and O–H groups in total. The Morgan fingerprint density at radius 2 is 2.00 bits per heavy atom. The van der Waals surface area contributed by atoms with Gasteiger partial charge in [0.25, 0.3) is 0 Å². The fourth-order valence-corrected chi connectivity index (χ4v) is 2.34. The SMILES string of the molecule is Cc1sc(C)c(C(=O)O)c1CN.Cl. The summed E-state index contributed by atoms with van der Waals surface area (Å²) in [7, 11) is 0. The maximum atomic E-state index is 10.8. The van der Waals surface area contributed by atoms with Crippen LogP contribution in [-0.4, -0.2) is 11.1 Å². The molecule has 1 heterocycles. The number of carbonyl (C=O) groups is 1. The van der Waals surface area contributed by atoms with Crippen molar-refractivity contribution >= 4 is 29.7 Å². The van der Waals surface area contributed by atoms with E-state index in [9.17, 15) is 4.79 Å². The van der Waals surface area contributed by atoms with Gasteiger partial charge in [-0.05, 0) is 19.4 Å². The van der Waals surface area contributed by atoms with Crippen LogP contribution in [0.15, 0.2) is 0 Å². The minimum absolute atomic E-state index is 0. The van der Waals surface area contributed by atoms with Gasteiger partial charge < -0.3 is 10.8 Å². The van der Waals surface area contributed by atoms with E-state index in [0.717, 1.165) is 15.3 Å². The standard InChI is InChI=1S/C8H11NO2S.ClH/c1-4-6(3-9)7(8(10)11)5(2)12-4;/h3,9H2,1-2H3,(H,10,11);1H. The second kappa shape index (κ2) is 4.60. The molecule has 1 rings (SSSR count). The molecule has 13 heavy (non-hydrogen) atoms. The number of thiophene rings is 1. The highest BCUT2D eigenvalue weighted by molar-refractivity contribution is 7.12. The minimum atomic E-state index is -0.877. The van der Waals surface area contributed by atoms with Gasteiger partial charge >= 0.3 is 5.97 Å². The highest BCUT2D eigenvalue weighted by Crippen LogP contribution is 2.26. The zero-order valence-corrected chi connectivity index (χ0v) is 9.09. The maximum Gasteiger partial charge on any atom is 0.337 e. The van der Waals surface area contributed by atoms with Crippen LogP contribution in [0, 0.1) is 13.8 Å². The first kappa shape index (κ1) is 12.4. The molecule has 5 heteroatoms. The van der Waals surface area contributed by atoms with E-state index in [-0.39, 0.29) is 12.4 Å². The van der Waals surface area contributed by atoms with Gasteiger partial charge in [0.2, 0.25) is 0 Å². The van der Waals surface area contributed by atoms with Crippen molar-refractivity contribution in [2.75, 3.05) is 0 Å². The Hall–Kier alpha value is -0.580. The number of hydrogen-bond donors (Lipinski definition) is 2. The molecule has 0 saturated heterocycles. The Morgan fingerprint density at radius 3 is 2.31 bits per heavy atom. The Balaban J connectivity index is 0.00000144. The van der Waals surface area contributed by atoms with Crippen molar-refractivity contribution in [2.24, 2.45) is 5.73 Å². The van der Waals surface area contributed by atoms with Crippen molar-refractivity contribution in [3.05, 3.63) is 20.9 Å². The monoisotopic (exact) mass is 221 g/mol. The van der Waals surface area contributed by atoms with Crippen molar-refractivity contribution in [1.82, 2.24) is 0 Å². The lowest BCUT2D eigenvalue weighted by Gasteiger charge is -1.97. The third-order valence-electron chi connectivity index (χ3n) is 1.80. The van der Waals surface area contributed by atoms with Crippen molar-refractivity contribution in [1.29, 1.82) is 0 Å². The van der Waals surface area contributed by atoms with Crippen LogP contribution in [0.4, 0.5) is 0 Å². The normalized spacial score (nSPS) is 9.46. The van der Waals surface area contributed by atoms with Gasteiger partial charge in [-0.3, -0.25) is 0 Å². The molecular weight excluding hydrogens is 210 g/mol. The van der Waals surface area contributed by atoms with Gasteiger partial charge in [0.15, 0.2) is 0 Å². The van der Waals surface area contributed by atoms with E-state index in [1.807, 2.05) is 6.92 Å². The summed E-state index contributed by atoms with van der Waals surface area (Å²) < 4.78 is 0. The molecule has 1 aromatic heterocycles. The Morgan fingerprint density at radius 1 is 1.46 bits per heavy atom. The molecule has 0 saturated carbocycles. The first-order chi connectivity index (χ1) is 5.57. The predicted molar refractivity (Wildman–Crippen MR) is 55.9 cm³/mol. The summed E-state index contributed by atoms with van der Waals surface area (Å²) in [6.45, 7) is 4.00. The van der Waals surface area contributed by atoms with Gasteiger partial charge in [0.1, 0.15) is 0 Å². The minimum Gasteiger partial charge on any atom is -0.478 e. The summed E-state index contributed by atoms with van der Waals surface area (Å²) in [5, 5.41) is 8.84. The third kappa shape index (κ3) is 2.21. The van der Waals surface area contributed by atoms with Crippen molar-refractivity contribution in [2.45, 2.75) is 20.4 Å². The van der Waals surface area contributed by atoms with E-state index < -0.39 is 5.97 Å². The van der Waals surface area contributed by atoms with Crippen LogP contribution in [0.2, 0.25) is 0 Å². The van der Waals surface area contributed by atoms with E-state index in [1.165, 1.54) is 11.3 Å². The number of nitrogens with two attached hydrogens (primary N) is 1. The van der Waals surface area contributed by atoms with Gasteiger partial charge in [-0.25, -0.2) is 4.79 Å². The number of carboxylic acids is 1. The first-order valence-electron chi connectivity index (χ1n) is 3.60. The number of rotatable bonds is 2. The van der Waals surface area contributed by atoms with Gasteiger partial charge in [-0.1, -0.05) is 0 Å². The number of hydrogen-bond acceptors (Lipinski definition) is 3. The lowest BCUT2D eigenvalue weighted by atomic mass is 10.1. The summed E-state index contributed by atoms with van der Waals surface area (Å²) in [5.41, 5.74) is 6.60. The van der Waals surface area contributed by atoms with Crippen molar-refractivity contribution in [3.8, 4) is 0 Å². The molecule has 3 nitrogen and oxygen atoms in total. The van der Waals surface area contributed by atoms with Gasteiger partial charge in [0, 0.05) is 16.3 Å².